The Labute approximate surface area is 125 Å². The van der Waals surface area contributed by atoms with E-state index in [1.54, 1.807) is 11.3 Å². The lowest BCUT2D eigenvalue weighted by Crippen LogP contribution is -2.28. The number of halogens is 2. The quantitative estimate of drug-likeness (QED) is 0.700. The lowest BCUT2D eigenvalue weighted by atomic mass is 9.92. The third-order valence-electron chi connectivity index (χ3n) is 3.52. The number of rotatable bonds is 6. The second-order valence-corrected chi connectivity index (χ2v) is 8.66. The summed E-state index contributed by atoms with van der Waals surface area (Å²) in [6.07, 6.45) is 4.01. The fraction of sp³-hybridized carbons (Fsp3) is 0.692. The maximum absolute atomic E-state index is 3.72. The highest BCUT2D eigenvalue weighted by atomic mass is 79.9. The van der Waals surface area contributed by atoms with Crippen molar-refractivity contribution in [1.29, 1.82) is 0 Å². The maximum atomic E-state index is 3.72. The Hall–Kier alpha value is 0.620. The maximum Gasteiger partial charge on any atom is 0.0758 e. The highest BCUT2D eigenvalue weighted by molar-refractivity contribution is 9.12. The van der Waals surface area contributed by atoms with Crippen LogP contribution in [-0.4, -0.2) is 6.54 Å². The first-order valence-electron chi connectivity index (χ1n) is 6.31. The van der Waals surface area contributed by atoms with Crippen LogP contribution >= 0.6 is 43.2 Å². The minimum atomic E-state index is 0.499. The molecule has 1 heterocycles. The van der Waals surface area contributed by atoms with Crippen LogP contribution in [0.15, 0.2) is 13.6 Å². The van der Waals surface area contributed by atoms with E-state index in [2.05, 4.69) is 57.1 Å². The highest BCUT2D eigenvalue weighted by Gasteiger charge is 2.34. The van der Waals surface area contributed by atoms with Crippen molar-refractivity contribution < 1.29 is 0 Å². The van der Waals surface area contributed by atoms with Crippen molar-refractivity contribution in [2.45, 2.75) is 39.2 Å². The molecule has 1 aromatic rings. The molecule has 1 aliphatic rings. The van der Waals surface area contributed by atoms with Gasteiger partial charge < -0.3 is 5.32 Å². The molecule has 96 valence electrons. The topological polar surface area (TPSA) is 12.0 Å². The fourth-order valence-electron chi connectivity index (χ4n) is 2.34. The molecule has 2 atom stereocenters. The fourth-order valence-corrected chi connectivity index (χ4v) is 5.27. The summed E-state index contributed by atoms with van der Waals surface area (Å²) in [6, 6.07) is 2.76. The van der Waals surface area contributed by atoms with Crippen molar-refractivity contribution in [1.82, 2.24) is 5.32 Å². The Morgan fingerprint density at radius 3 is 2.65 bits per heavy atom. The molecule has 0 bridgehead atoms. The molecule has 0 aliphatic heterocycles. The van der Waals surface area contributed by atoms with Crippen molar-refractivity contribution in [3.05, 3.63) is 19.2 Å². The van der Waals surface area contributed by atoms with Gasteiger partial charge in [0.2, 0.25) is 0 Å². The van der Waals surface area contributed by atoms with Crippen LogP contribution in [0.2, 0.25) is 0 Å². The van der Waals surface area contributed by atoms with Gasteiger partial charge in [-0.05, 0) is 81.1 Å². The van der Waals surface area contributed by atoms with E-state index in [1.165, 1.54) is 32.4 Å². The molecule has 0 saturated heterocycles. The van der Waals surface area contributed by atoms with E-state index in [4.69, 9.17) is 0 Å². The van der Waals surface area contributed by atoms with Crippen LogP contribution in [0.4, 0.5) is 0 Å². The van der Waals surface area contributed by atoms with Crippen LogP contribution in [0.1, 0.15) is 44.7 Å². The first-order valence-corrected chi connectivity index (χ1v) is 8.71. The Bertz CT molecular complexity index is 373. The molecule has 4 heteroatoms. The van der Waals surface area contributed by atoms with E-state index in [-0.39, 0.29) is 0 Å². The summed E-state index contributed by atoms with van der Waals surface area (Å²) >= 11 is 9.05. The molecule has 1 N–H and O–H groups in total. The molecule has 1 aliphatic carbocycles. The van der Waals surface area contributed by atoms with E-state index >= 15 is 0 Å². The zero-order valence-corrected chi connectivity index (χ0v) is 14.3. The standard InChI is InChI=1S/C13H19Br2NS/c1-3-6-16-12(8(2)9-4-5-9)10-7-11(14)17-13(10)15/h7-9,12,16H,3-6H2,1-2H3. The molecule has 0 aromatic carbocycles. The molecule has 0 radical (unpaired) electrons. The van der Waals surface area contributed by atoms with Gasteiger partial charge in [0.15, 0.2) is 0 Å². The van der Waals surface area contributed by atoms with E-state index in [9.17, 15) is 0 Å². The van der Waals surface area contributed by atoms with Gasteiger partial charge in [-0.1, -0.05) is 13.8 Å². The average molecular weight is 381 g/mol. The Morgan fingerprint density at radius 2 is 2.18 bits per heavy atom. The summed E-state index contributed by atoms with van der Waals surface area (Å²) in [5.74, 6) is 1.66. The Kier molecular flexibility index (Phi) is 5.10. The highest BCUT2D eigenvalue weighted by Crippen LogP contribution is 2.46. The summed E-state index contributed by atoms with van der Waals surface area (Å²) < 4.78 is 2.48. The van der Waals surface area contributed by atoms with Gasteiger partial charge in [0.05, 0.1) is 7.57 Å². The molecule has 1 saturated carbocycles. The summed E-state index contributed by atoms with van der Waals surface area (Å²) in [5, 5.41) is 3.72. The van der Waals surface area contributed by atoms with Crippen molar-refractivity contribution in [3.63, 3.8) is 0 Å². The van der Waals surface area contributed by atoms with Crippen molar-refractivity contribution in [2.75, 3.05) is 6.54 Å². The van der Waals surface area contributed by atoms with Gasteiger partial charge in [0.1, 0.15) is 0 Å². The van der Waals surface area contributed by atoms with Crippen molar-refractivity contribution in [3.8, 4) is 0 Å². The number of thiophene rings is 1. The molecular weight excluding hydrogens is 362 g/mol. The van der Waals surface area contributed by atoms with E-state index in [0.29, 0.717) is 6.04 Å². The molecule has 0 spiro atoms. The van der Waals surface area contributed by atoms with Crippen LogP contribution in [0.5, 0.6) is 0 Å². The zero-order chi connectivity index (χ0) is 12.4. The zero-order valence-electron chi connectivity index (χ0n) is 10.3. The first-order chi connectivity index (χ1) is 8.13. The van der Waals surface area contributed by atoms with Gasteiger partial charge in [0.25, 0.3) is 0 Å². The van der Waals surface area contributed by atoms with E-state index in [0.717, 1.165) is 18.4 Å². The monoisotopic (exact) mass is 379 g/mol. The summed E-state index contributed by atoms with van der Waals surface area (Å²) in [7, 11) is 0. The summed E-state index contributed by atoms with van der Waals surface area (Å²) in [5.41, 5.74) is 1.43. The van der Waals surface area contributed by atoms with Gasteiger partial charge in [-0.15, -0.1) is 11.3 Å². The number of hydrogen-bond donors (Lipinski definition) is 1. The normalized spacial score (nSPS) is 19.3. The lowest BCUT2D eigenvalue weighted by Gasteiger charge is -2.25. The lowest BCUT2D eigenvalue weighted by molar-refractivity contribution is 0.349. The average Bonchev–Trinajstić information content (AvgIpc) is 3.06. The Morgan fingerprint density at radius 1 is 1.47 bits per heavy atom. The molecular formula is C13H19Br2NS. The predicted octanol–water partition coefficient (Wildman–Crippen LogP) is 5.36. The third kappa shape index (κ3) is 3.55. The van der Waals surface area contributed by atoms with Crippen molar-refractivity contribution in [2.24, 2.45) is 11.8 Å². The van der Waals surface area contributed by atoms with E-state index in [1.807, 2.05) is 0 Å². The third-order valence-corrected chi connectivity index (χ3v) is 5.91. The second kappa shape index (κ2) is 6.18. The smallest absolute Gasteiger partial charge is 0.0758 e. The van der Waals surface area contributed by atoms with Crippen LogP contribution in [0.3, 0.4) is 0 Å². The molecule has 2 rings (SSSR count). The largest absolute Gasteiger partial charge is 0.310 e. The van der Waals surface area contributed by atoms with Gasteiger partial charge in [0, 0.05) is 6.04 Å². The van der Waals surface area contributed by atoms with Crippen LogP contribution in [0.25, 0.3) is 0 Å². The predicted molar refractivity (Wildman–Crippen MR) is 82.6 cm³/mol. The minimum Gasteiger partial charge on any atom is -0.310 e. The van der Waals surface area contributed by atoms with Gasteiger partial charge >= 0.3 is 0 Å². The number of nitrogens with one attached hydrogen (secondary N) is 1. The molecule has 2 unspecified atom stereocenters. The molecule has 17 heavy (non-hydrogen) atoms. The SMILES string of the molecule is CCCNC(c1cc(Br)sc1Br)C(C)C1CC1. The van der Waals surface area contributed by atoms with Gasteiger partial charge in [-0.25, -0.2) is 0 Å². The van der Waals surface area contributed by atoms with E-state index < -0.39 is 0 Å². The second-order valence-electron chi connectivity index (χ2n) is 4.91. The summed E-state index contributed by atoms with van der Waals surface area (Å²) in [4.78, 5) is 0. The first kappa shape index (κ1) is 14.0. The van der Waals surface area contributed by atoms with Gasteiger partial charge in [-0.3, -0.25) is 0 Å². The summed E-state index contributed by atoms with van der Waals surface area (Å²) in [6.45, 7) is 5.72. The molecule has 0 amide bonds. The van der Waals surface area contributed by atoms with Crippen LogP contribution in [-0.2, 0) is 0 Å². The van der Waals surface area contributed by atoms with Crippen molar-refractivity contribution >= 4 is 43.2 Å². The van der Waals surface area contributed by atoms with Gasteiger partial charge in [-0.2, -0.15) is 0 Å². The minimum absolute atomic E-state index is 0.499. The number of hydrogen-bond acceptors (Lipinski definition) is 2. The molecule has 1 aromatic heterocycles. The molecule has 1 nitrogen and oxygen atoms in total. The van der Waals surface area contributed by atoms with Crippen LogP contribution < -0.4 is 5.32 Å². The van der Waals surface area contributed by atoms with Crippen LogP contribution in [0, 0.1) is 11.8 Å². The Balaban J connectivity index is 2.15. The molecule has 1 fully saturated rings.